The standard InChI is InChI=1S/C42H27BrN4S/c43-41-37(46(34-17-15-30-26-44-21-19-28(30)23-34)35-18-16-31-27-45-22-20-29(31)24-35)25-39-40(36-13-7-8-14-38(36)48-39)42(41)47(32-9-3-1-4-10-32)33-11-5-2-6-12-33/h1-27H. The van der Waals surface area contributed by atoms with E-state index in [-0.39, 0.29) is 0 Å². The highest BCUT2D eigenvalue weighted by atomic mass is 79.9. The monoisotopic (exact) mass is 698 g/mol. The van der Waals surface area contributed by atoms with Crippen LogP contribution in [0.3, 0.4) is 0 Å². The molecule has 6 heteroatoms. The van der Waals surface area contributed by atoms with Crippen molar-refractivity contribution in [2.24, 2.45) is 0 Å². The van der Waals surface area contributed by atoms with Gasteiger partial charge in [-0.15, -0.1) is 11.3 Å². The summed E-state index contributed by atoms with van der Waals surface area (Å²) >= 11 is 6.09. The number of anilines is 6. The number of nitrogens with zero attached hydrogens (tertiary/aromatic N) is 4. The maximum atomic E-state index is 4.36. The number of hydrogen-bond acceptors (Lipinski definition) is 5. The number of aromatic nitrogens is 2. The van der Waals surface area contributed by atoms with Crippen LogP contribution in [0.2, 0.25) is 0 Å². The summed E-state index contributed by atoms with van der Waals surface area (Å²) in [7, 11) is 0. The van der Waals surface area contributed by atoms with Gasteiger partial charge in [-0.2, -0.15) is 0 Å². The van der Waals surface area contributed by atoms with Gasteiger partial charge in [0.1, 0.15) is 0 Å². The Balaban J connectivity index is 1.40. The van der Waals surface area contributed by atoms with Crippen LogP contribution in [-0.2, 0) is 0 Å². The van der Waals surface area contributed by atoms with Crippen molar-refractivity contribution in [3.05, 3.63) is 169 Å². The first kappa shape index (κ1) is 28.6. The number of thiophene rings is 1. The van der Waals surface area contributed by atoms with Crippen molar-refractivity contribution >= 4 is 103 Å². The molecule has 0 aliphatic carbocycles. The molecule has 0 radical (unpaired) electrons. The molecule has 0 aliphatic heterocycles. The summed E-state index contributed by atoms with van der Waals surface area (Å²) < 4.78 is 3.46. The normalized spacial score (nSPS) is 11.4. The van der Waals surface area contributed by atoms with Crippen molar-refractivity contribution in [3.63, 3.8) is 0 Å². The van der Waals surface area contributed by atoms with Crippen LogP contribution < -0.4 is 9.80 Å². The third-order valence-electron chi connectivity index (χ3n) is 8.82. The minimum absolute atomic E-state index is 0.996. The average molecular weight is 700 g/mol. The van der Waals surface area contributed by atoms with Gasteiger partial charge in [0.15, 0.2) is 0 Å². The molecule has 0 bridgehead atoms. The van der Waals surface area contributed by atoms with Crippen molar-refractivity contribution < 1.29 is 0 Å². The Morgan fingerprint density at radius 1 is 0.479 bits per heavy atom. The smallest absolute Gasteiger partial charge is 0.0718 e. The first-order chi connectivity index (χ1) is 23.7. The molecule has 3 heterocycles. The summed E-state index contributed by atoms with van der Waals surface area (Å²) in [6.45, 7) is 0. The lowest BCUT2D eigenvalue weighted by atomic mass is 10.0. The van der Waals surface area contributed by atoms with Gasteiger partial charge in [-0.25, -0.2) is 0 Å². The molecule has 228 valence electrons. The van der Waals surface area contributed by atoms with Crippen molar-refractivity contribution in [1.29, 1.82) is 0 Å². The molecule has 9 rings (SSSR count). The molecule has 9 aromatic rings. The molecule has 0 N–H and O–H groups in total. The Hall–Kier alpha value is -5.56. The Bertz CT molecular complexity index is 2480. The van der Waals surface area contributed by atoms with Gasteiger partial charge in [0.2, 0.25) is 0 Å². The predicted molar refractivity (Wildman–Crippen MR) is 207 cm³/mol. The summed E-state index contributed by atoms with van der Waals surface area (Å²) in [6.07, 6.45) is 7.55. The van der Waals surface area contributed by atoms with Crippen LogP contribution in [0.4, 0.5) is 34.1 Å². The Labute approximate surface area is 290 Å². The fraction of sp³-hybridized carbons (Fsp3) is 0. The SMILES string of the molecule is Brc1c(N(c2ccc3cnccc3c2)c2ccc3cnccc3c2)cc2sc3ccccc3c2c1N(c1ccccc1)c1ccccc1. The van der Waals surface area contributed by atoms with Crippen LogP contribution in [0.25, 0.3) is 41.7 Å². The molecule has 0 unspecified atom stereocenters. The topological polar surface area (TPSA) is 32.3 Å². The average Bonchev–Trinajstić information content (AvgIpc) is 3.52. The maximum Gasteiger partial charge on any atom is 0.0718 e. The van der Waals surface area contributed by atoms with E-state index in [0.717, 1.165) is 60.1 Å². The summed E-state index contributed by atoms with van der Waals surface area (Å²) in [5, 5.41) is 6.92. The highest BCUT2D eigenvalue weighted by molar-refractivity contribution is 9.10. The number of benzene rings is 6. The van der Waals surface area contributed by atoms with E-state index in [1.807, 2.05) is 36.1 Å². The van der Waals surface area contributed by atoms with Crippen LogP contribution >= 0.6 is 27.3 Å². The minimum atomic E-state index is 0.996. The first-order valence-electron chi connectivity index (χ1n) is 15.7. The van der Waals surface area contributed by atoms with Gasteiger partial charge in [0, 0.05) is 78.5 Å². The number of fused-ring (bicyclic) bond motifs is 5. The summed E-state index contributed by atoms with van der Waals surface area (Å²) in [4.78, 5) is 13.5. The molecular formula is C42H27BrN4S. The maximum absolute atomic E-state index is 4.36. The third kappa shape index (κ3) is 4.89. The molecule has 0 saturated heterocycles. The van der Waals surface area contributed by atoms with Crippen molar-refractivity contribution in [3.8, 4) is 0 Å². The van der Waals surface area contributed by atoms with Crippen molar-refractivity contribution in [1.82, 2.24) is 9.97 Å². The van der Waals surface area contributed by atoms with E-state index in [1.54, 1.807) is 0 Å². The highest BCUT2D eigenvalue weighted by Crippen LogP contribution is 2.54. The van der Waals surface area contributed by atoms with Crippen LogP contribution in [0, 0.1) is 0 Å². The summed E-state index contributed by atoms with van der Waals surface area (Å²) in [6, 6.07) is 49.7. The lowest BCUT2D eigenvalue weighted by Crippen LogP contribution is -2.15. The van der Waals surface area contributed by atoms with Crippen molar-refractivity contribution in [2.45, 2.75) is 0 Å². The predicted octanol–water partition coefficient (Wildman–Crippen LogP) is 12.9. The zero-order valence-electron chi connectivity index (χ0n) is 25.7. The van der Waals surface area contributed by atoms with Gasteiger partial charge in [-0.3, -0.25) is 9.97 Å². The van der Waals surface area contributed by atoms with E-state index in [0.29, 0.717) is 0 Å². The lowest BCUT2D eigenvalue weighted by Gasteiger charge is -2.32. The lowest BCUT2D eigenvalue weighted by molar-refractivity contribution is 1.25. The molecule has 0 fully saturated rings. The first-order valence-corrected chi connectivity index (χ1v) is 17.4. The number of hydrogen-bond donors (Lipinski definition) is 0. The van der Waals surface area contributed by atoms with Crippen LogP contribution in [-0.4, -0.2) is 9.97 Å². The van der Waals surface area contributed by atoms with Gasteiger partial charge < -0.3 is 9.80 Å². The zero-order chi connectivity index (χ0) is 32.0. The van der Waals surface area contributed by atoms with E-state index in [2.05, 4.69) is 175 Å². The molecule has 48 heavy (non-hydrogen) atoms. The van der Waals surface area contributed by atoms with Gasteiger partial charge in [0.05, 0.1) is 15.8 Å². The second-order valence-corrected chi connectivity index (χ2v) is 13.6. The van der Waals surface area contributed by atoms with Gasteiger partial charge >= 0.3 is 0 Å². The summed E-state index contributed by atoms with van der Waals surface area (Å²) in [5.41, 5.74) is 6.42. The van der Waals surface area contributed by atoms with Crippen LogP contribution in [0.5, 0.6) is 0 Å². The molecule has 6 aromatic carbocycles. The third-order valence-corrected chi connectivity index (χ3v) is 10.7. The Morgan fingerprint density at radius 2 is 1.04 bits per heavy atom. The van der Waals surface area contributed by atoms with E-state index >= 15 is 0 Å². The second-order valence-electron chi connectivity index (χ2n) is 11.7. The second kappa shape index (κ2) is 11.9. The number of pyridine rings is 2. The molecule has 0 amide bonds. The number of para-hydroxylation sites is 2. The Morgan fingerprint density at radius 3 is 1.65 bits per heavy atom. The fourth-order valence-electron chi connectivity index (χ4n) is 6.61. The number of halogens is 1. The van der Waals surface area contributed by atoms with Crippen LogP contribution in [0.15, 0.2) is 169 Å². The van der Waals surface area contributed by atoms with E-state index < -0.39 is 0 Å². The molecule has 3 aromatic heterocycles. The van der Waals surface area contributed by atoms with Gasteiger partial charge in [0.25, 0.3) is 0 Å². The van der Waals surface area contributed by atoms with E-state index in [4.69, 9.17) is 0 Å². The molecule has 0 aliphatic rings. The van der Waals surface area contributed by atoms with Crippen LogP contribution in [0.1, 0.15) is 0 Å². The number of rotatable bonds is 6. The van der Waals surface area contributed by atoms with Gasteiger partial charge in [-0.05, 0) is 99.5 Å². The van der Waals surface area contributed by atoms with E-state index in [9.17, 15) is 0 Å². The molecule has 0 atom stereocenters. The Kier molecular flexibility index (Phi) is 7.11. The van der Waals surface area contributed by atoms with Crippen molar-refractivity contribution in [2.75, 3.05) is 9.80 Å². The quantitative estimate of drug-likeness (QED) is 0.173. The zero-order valence-corrected chi connectivity index (χ0v) is 28.1. The minimum Gasteiger partial charge on any atom is -0.309 e. The summed E-state index contributed by atoms with van der Waals surface area (Å²) in [5.74, 6) is 0. The molecule has 0 saturated carbocycles. The fourth-order valence-corrected chi connectivity index (χ4v) is 8.42. The largest absolute Gasteiger partial charge is 0.309 e. The molecule has 4 nitrogen and oxygen atoms in total. The highest BCUT2D eigenvalue weighted by Gasteiger charge is 2.27. The molecular weight excluding hydrogens is 672 g/mol. The van der Waals surface area contributed by atoms with E-state index in [1.165, 1.54) is 20.2 Å². The molecule has 0 spiro atoms. The van der Waals surface area contributed by atoms with Gasteiger partial charge in [-0.1, -0.05) is 66.7 Å².